The van der Waals surface area contributed by atoms with E-state index in [9.17, 15) is 13.2 Å². The number of carboxylic acid groups (broad SMARTS) is 1. The summed E-state index contributed by atoms with van der Waals surface area (Å²) in [6.07, 6.45) is 1.87. The summed E-state index contributed by atoms with van der Waals surface area (Å²) in [6.45, 7) is 3.42. The van der Waals surface area contributed by atoms with Gasteiger partial charge in [0.15, 0.2) is 0 Å². The van der Waals surface area contributed by atoms with Gasteiger partial charge in [0.25, 0.3) is 10.2 Å². The fourth-order valence-electron chi connectivity index (χ4n) is 1.27. The molecule has 0 saturated heterocycles. The zero-order valence-corrected chi connectivity index (χ0v) is 11.6. The number of aliphatic carboxylic acids is 1. The van der Waals surface area contributed by atoms with Gasteiger partial charge in [0.1, 0.15) is 0 Å². The minimum Gasteiger partial charge on any atom is -0.481 e. The molecule has 0 aromatic rings. The van der Waals surface area contributed by atoms with Gasteiger partial charge in [0.05, 0.1) is 5.92 Å². The van der Waals surface area contributed by atoms with Gasteiger partial charge in [-0.05, 0) is 19.8 Å². The van der Waals surface area contributed by atoms with Crippen molar-refractivity contribution in [1.82, 2.24) is 9.03 Å². The fourth-order valence-corrected chi connectivity index (χ4v) is 2.11. The van der Waals surface area contributed by atoms with E-state index in [1.54, 1.807) is 13.8 Å². The van der Waals surface area contributed by atoms with Crippen molar-refractivity contribution >= 4 is 16.2 Å². The quantitative estimate of drug-likeness (QED) is 0.675. The van der Waals surface area contributed by atoms with E-state index >= 15 is 0 Å². The molecule has 0 rings (SSSR count). The van der Waals surface area contributed by atoms with Crippen molar-refractivity contribution in [3.05, 3.63) is 0 Å². The highest BCUT2D eigenvalue weighted by Crippen LogP contribution is 2.10. The van der Waals surface area contributed by atoms with Gasteiger partial charge in [-0.25, -0.2) is 0 Å². The number of nitrogens with one attached hydrogen (secondary N) is 1. The van der Waals surface area contributed by atoms with Crippen molar-refractivity contribution in [2.45, 2.75) is 39.2 Å². The van der Waals surface area contributed by atoms with Crippen LogP contribution >= 0.6 is 0 Å². The van der Waals surface area contributed by atoms with Crippen LogP contribution in [-0.4, -0.2) is 43.9 Å². The summed E-state index contributed by atoms with van der Waals surface area (Å²) >= 11 is 0. The minimum atomic E-state index is -3.40. The molecule has 0 spiro atoms. The molecule has 7 heteroatoms. The van der Waals surface area contributed by atoms with Gasteiger partial charge < -0.3 is 5.11 Å². The molecule has 0 heterocycles. The molecule has 0 fully saturated rings. The van der Waals surface area contributed by atoms with E-state index in [2.05, 4.69) is 4.72 Å². The van der Waals surface area contributed by atoms with Gasteiger partial charge in [-0.3, -0.25) is 4.79 Å². The third kappa shape index (κ3) is 6.60. The van der Waals surface area contributed by atoms with Crippen molar-refractivity contribution in [2.75, 3.05) is 14.1 Å². The Hall–Kier alpha value is -0.660. The summed E-state index contributed by atoms with van der Waals surface area (Å²) in [6, 6.07) is -0.191. The molecule has 0 aliphatic rings. The average Bonchev–Trinajstić information content (AvgIpc) is 2.16. The van der Waals surface area contributed by atoms with Crippen molar-refractivity contribution < 1.29 is 18.3 Å². The van der Waals surface area contributed by atoms with E-state index in [1.165, 1.54) is 14.1 Å². The highest BCUT2D eigenvalue weighted by molar-refractivity contribution is 7.87. The van der Waals surface area contributed by atoms with E-state index in [1.807, 2.05) is 0 Å². The van der Waals surface area contributed by atoms with E-state index in [0.29, 0.717) is 19.3 Å². The normalized spacial score (nSPS) is 15.8. The Morgan fingerprint density at radius 3 is 2.24 bits per heavy atom. The Labute approximate surface area is 103 Å². The molecule has 2 N–H and O–H groups in total. The topological polar surface area (TPSA) is 86.7 Å². The zero-order chi connectivity index (χ0) is 13.6. The predicted octanol–water partition coefficient (Wildman–Crippen LogP) is 0.662. The van der Waals surface area contributed by atoms with Crippen LogP contribution in [0.15, 0.2) is 0 Å². The largest absolute Gasteiger partial charge is 0.481 e. The lowest BCUT2D eigenvalue weighted by atomic mass is 10.0. The van der Waals surface area contributed by atoms with Crippen LogP contribution in [0.1, 0.15) is 33.1 Å². The lowest BCUT2D eigenvalue weighted by Gasteiger charge is -2.18. The lowest BCUT2D eigenvalue weighted by Crippen LogP contribution is -2.40. The molecular weight excluding hydrogens is 244 g/mol. The third-order valence-corrected chi connectivity index (χ3v) is 4.19. The summed E-state index contributed by atoms with van der Waals surface area (Å²) in [5.41, 5.74) is 0. The van der Waals surface area contributed by atoms with Crippen LogP contribution in [0, 0.1) is 5.92 Å². The smallest absolute Gasteiger partial charge is 0.306 e. The average molecular weight is 266 g/mol. The van der Waals surface area contributed by atoms with Gasteiger partial charge in [0, 0.05) is 20.1 Å². The van der Waals surface area contributed by atoms with E-state index < -0.39 is 16.2 Å². The van der Waals surface area contributed by atoms with Crippen LogP contribution in [0.4, 0.5) is 0 Å². The van der Waals surface area contributed by atoms with E-state index in [0.717, 1.165) is 4.31 Å². The highest BCUT2D eigenvalue weighted by Gasteiger charge is 2.17. The van der Waals surface area contributed by atoms with Crippen molar-refractivity contribution in [3.8, 4) is 0 Å². The first-order chi connectivity index (χ1) is 7.66. The molecule has 0 aromatic carbocycles. The summed E-state index contributed by atoms with van der Waals surface area (Å²) < 4.78 is 26.6. The molecule has 0 aliphatic heterocycles. The lowest BCUT2D eigenvalue weighted by molar-refractivity contribution is -0.141. The summed E-state index contributed by atoms with van der Waals surface area (Å²) in [5, 5.41) is 8.69. The van der Waals surface area contributed by atoms with Gasteiger partial charge in [0.2, 0.25) is 0 Å². The molecule has 0 saturated carbocycles. The van der Waals surface area contributed by atoms with Gasteiger partial charge in [-0.1, -0.05) is 13.3 Å². The second-order valence-electron chi connectivity index (χ2n) is 4.48. The molecule has 0 aromatic heterocycles. The SMILES string of the molecule is CC(CCCC(C)C(=O)O)NS(=O)(=O)N(C)C. The number of carbonyl (C=O) groups is 1. The van der Waals surface area contributed by atoms with Gasteiger partial charge >= 0.3 is 5.97 Å². The molecule has 17 heavy (non-hydrogen) atoms. The third-order valence-electron chi connectivity index (χ3n) is 2.53. The summed E-state index contributed by atoms with van der Waals surface area (Å²) in [4.78, 5) is 10.6. The van der Waals surface area contributed by atoms with E-state index in [4.69, 9.17) is 5.11 Å². The second kappa shape index (κ2) is 6.93. The monoisotopic (exact) mass is 266 g/mol. The minimum absolute atomic E-state index is 0.191. The van der Waals surface area contributed by atoms with Crippen LogP contribution in [0.2, 0.25) is 0 Å². The number of hydrogen-bond donors (Lipinski definition) is 2. The van der Waals surface area contributed by atoms with Crippen molar-refractivity contribution in [2.24, 2.45) is 5.92 Å². The first-order valence-electron chi connectivity index (χ1n) is 5.59. The van der Waals surface area contributed by atoms with Crippen LogP contribution in [-0.2, 0) is 15.0 Å². The van der Waals surface area contributed by atoms with Crippen molar-refractivity contribution in [1.29, 1.82) is 0 Å². The molecule has 0 bridgehead atoms. The van der Waals surface area contributed by atoms with Gasteiger partial charge in [-0.2, -0.15) is 17.4 Å². The van der Waals surface area contributed by atoms with Crippen molar-refractivity contribution in [3.63, 3.8) is 0 Å². The molecule has 2 unspecified atom stereocenters. The maximum Gasteiger partial charge on any atom is 0.306 e. The highest BCUT2D eigenvalue weighted by atomic mass is 32.2. The molecule has 0 aliphatic carbocycles. The Morgan fingerprint density at radius 1 is 1.29 bits per heavy atom. The predicted molar refractivity (Wildman–Crippen MR) is 65.9 cm³/mol. The molecule has 0 amide bonds. The first kappa shape index (κ1) is 16.3. The van der Waals surface area contributed by atoms with Gasteiger partial charge in [-0.15, -0.1) is 0 Å². The number of nitrogens with zero attached hydrogens (tertiary/aromatic N) is 1. The summed E-state index contributed by atoms with van der Waals surface area (Å²) in [5.74, 6) is -1.20. The summed E-state index contributed by atoms with van der Waals surface area (Å²) in [7, 11) is -0.478. The van der Waals surface area contributed by atoms with Crippen LogP contribution in [0.3, 0.4) is 0 Å². The maximum atomic E-state index is 11.5. The Balaban J connectivity index is 3.97. The Morgan fingerprint density at radius 2 is 1.82 bits per heavy atom. The standard InChI is InChI=1S/C10H22N2O4S/c1-8(10(13)14)6-5-7-9(2)11-17(15,16)12(3)4/h8-9,11H,5-7H2,1-4H3,(H,13,14). The maximum absolute atomic E-state index is 11.5. The number of rotatable bonds is 8. The Kier molecular flexibility index (Phi) is 6.66. The van der Waals surface area contributed by atoms with Crippen LogP contribution < -0.4 is 4.72 Å². The number of carboxylic acids is 1. The first-order valence-corrected chi connectivity index (χ1v) is 7.03. The van der Waals surface area contributed by atoms with Crippen LogP contribution in [0.5, 0.6) is 0 Å². The second-order valence-corrected chi connectivity index (χ2v) is 6.39. The molecule has 6 nitrogen and oxygen atoms in total. The zero-order valence-electron chi connectivity index (χ0n) is 10.8. The molecule has 0 radical (unpaired) electrons. The molecule has 2 atom stereocenters. The fraction of sp³-hybridized carbons (Fsp3) is 0.900. The molecular formula is C10H22N2O4S. The van der Waals surface area contributed by atoms with E-state index in [-0.39, 0.29) is 12.0 Å². The number of hydrogen-bond acceptors (Lipinski definition) is 3. The van der Waals surface area contributed by atoms with Crippen LogP contribution in [0.25, 0.3) is 0 Å². The Bertz CT molecular complexity index is 340. The molecule has 102 valence electrons.